The van der Waals surface area contributed by atoms with Crippen molar-refractivity contribution in [2.45, 2.75) is 23.5 Å². The molecule has 2 amide bonds. The van der Waals surface area contributed by atoms with E-state index in [9.17, 15) is 9.59 Å². The third-order valence-electron chi connectivity index (χ3n) is 4.33. The highest BCUT2D eigenvalue weighted by molar-refractivity contribution is 8.01. The summed E-state index contributed by atoms with van der Waals surface area (Å²) in [7, 11) is 1.56. The molecule has 1 N–H and O–H groups in total. The normalized spacial score (nSPS) is 15.2. The molecule has 3 rings (SSSR count). The summed E-state index contributed by atoms with van der Waals surface area (Å²) in [4.78, 5) is 28.0. The monoisotopic (exact) mass is 370 g/mol. The molecule has 0 saturated carbocycles. The van der Waals surface area contributed by atoms with Crippen LogP contribution in [0.25, 0.3) is 0 Å². The van der Waals surface area contributed by atoms with Crippen molar-refractivity contribution in [1.82, 2.24) is 4.90 Å². The van der Waals surface area contributed by atoms with Crippen LogP contribution in [-0.2, 0) is 16.0 Å². The van der Waals surface area contributed by atoms with E-state index in [0.717, 1.165) is 4.90 Å². The smallest absolute Gasteiger partial charge is 0.244 e. The first-order valence-corrected chi connectivity index (χ1v) is 9.46. The van der Waals surface area contributed by atoms with Gasteiger partial charge in [-0.3, -0.25) is 9.59 Å². The van der Waals surface area contributed by atoms with E-state index in [1.807, 2.05) is 37.3 Å². The Bertz CT molecular complexity index is 784. The first-order chi connectivity index (χ1) is 12.6. The van der Waals surface area contributed by atoms with Gasteiger partial charge in [-0.1, -0.05) is 30.3 Å². The van der Waals surface area contributed by atoms with Gasteiger partial charge in [0.05, 0.1) is 24.6 Å². The van der Waals surface area contributed by atoms with E-state index in [1.54, 1.807) is 35.9 Å². The number of rotatable bonds is 6. The number of carbonyl (C=O) groups is 2. The Morgan fingerprint density at radius 1 is 1.19 bits per heavy atom. The molecule has 0 saturated heterocycles. The molecule has 0 bridgehead atoms. The van der Waals surface area contributed by atoms with Gasteiger partial charge in [0, 0.05) is 11.4 Å². The van der Waals surface area contributed by atoms with Crippen molar-refractivity contribution in [3.63, 3.8) is 0 Å². The molecule has 136 valence electrons. The number of methoxy groups -OCH3 is 1. The fourth-order valence-electron chi connectivity index (χ4n) is 2.98. The Labute approximate surface area is 157 Å². The van der Waals surface area contributed by atoms with Crippen LogP contribution >= 0.6 is 11.8 Å². The minimum atomic E-state index is -0.231. The number of carbonyl (C=O) groups excluding carboxylic acids is 2. The van der Waals surface area contributed by atoms with Crippen molar-refractivity contribution in [3.05, 3.63) is 54.1 Å². The van der Waals surface area contributed by atoms with E-state index in [2.05, 4.69) is 11.4 Å². The molecule has 2 aromatic rings. The Kier molecular flexibility index (Phi) is 5.83. The maximum absolute atomic E-state index is 12.9. The number of nitrogens with one attached hydrogen (secondary N) is 1. The predicted octanol–water partition coefficient (Wildman–Crippen LogP) is 3.20. The zero-order valence-corrected chi connectivity index (χ0v) is 15.7. The number of hydrogen-bond donors (Lipinski definition) is 1. The summed E-state index contributed by atoms with van der Waals surface area (Å²) in [6.07, 6.45) is 0.713. The van der Waals surface area contributed by atoms with Crippen LogP contribution in [0.5, 0.6) is 5.75 Å². The number of likely N-dealkylation sites (N-methyl/N-ethyl adjacent to an activating group) is 1. The molecule has 0 radical (unpaired) electrons. The van der Waals surface area contributed by atoms with Crippen LogP contribution in [0.4, 0.5) is 5.69 Å². The van der Waals surface area contributed by atoms with Crippen LogP contribution in [0.2, 0.25) is 0 Å². The summed E-state index contributed by atoms with van der Waals surface area (Å²) in [5.41, 5.74) is 1.80. The highest BCUT2D eigenvalue weighted by atomic mass is 32.2. The second-order valence-corrected chi connectivity index (χ2v) is 7.26. The van der Waals surface area contributed by atoms with Crippen molar-refractivity contribution in [1.29, 1.82) is 0 Å². The predicted molar refractivity (Wildman–Crippen MR) is 104 cm³/mol. The molecule has 1 atom stereocenters. The third kappa shape index (κ3) is 4.02. The van der Waals surface area contributed by atoms with Crippen LogP contribution in [-0.4, -0.2) is 42.2 Å². The lowest BCUT2D eigenvalue weighted by molar-refractivity contribution is -0.133. The number of amides is 2. The molecule has 1 unspecified atom stereocenters. The summed E-state index contributed by atoms with van der Waals surface area (Å²) in [6.45, 7) is 2.41. The van der Waals surface area contributed by atoms with E-state index in [0.29, 0.717) is 24.4 Å². The molecule has 1 aliphatic heterocycles. The maximum Gasteiger partial charge on any atom is 0.244 e. The Morgan fingerprint density at radius 2 is 1.92 bits per heavy atom. The average molecular weight is 370 g/mol. The quantitative estimate of drug-likeness (QED) is 0.848. The van der Waals surface area contributed by atoms with Gasteiger partial charge in [-0.2, -0.15) is 0 Å². The fourth-order valence-corrected chi connectivity index (χ4v) is 4.26. The Hall–Kier alpha value is -2.47. The number of para-hydroxylation sites is 2. The van der Waals surface area contributed by atoms with E-state index in [4.69, 9.17) is 4.74 Å². The van der Waals surface area contributed by atoms with Crippen LogP contribution in [0.15, 0.2) is 53.4 Å². The molecule has 1 aliphatic rings. The zero-order valence-electron chi connectivity index (χ0n) is 14.9. The van der Waals surface area contributed by atoms with Gasteiger partial charge in [-0.15, -0.1) is 11.8 Å². The van der Waals surface area contributed by atoms with E-state index >= 15 is 0 Å². The van der Waals surface area contributed by atoms with Crippen LogP contribution < -0.4 is 10.1 Å². The molecule has 0 fully saturated rings. The molecule has 0 aromatic heterocycles. The number of fused-ring (bicyclic) bond motifs is 1. The molecule has 6 heteroatoms. The number of thioether (sulfide) groups is 1. The summed E-state index contributed by atoms with van der Waals surface area (Å²) >= 11 is 1.58. The number of nitrogens with zero attached hydrogens (tertiary/aromatic N) is 1. The lowest BCUT2D eigenvalue weighted by atomic mass is 10.1. The molecular weight excluding hydrogens is 348 g/mol. The lowest BCUT2D eigenvalue weighted by Gasteiger charge is -2.23. The van der Waals surface area contributed by atoms with Gasteiger partial charge in [0.1, 0.15) is 5.75 Å². The first kappa shape index (κ1) is 18.3. The molecule has 0 spiro atoms. The number of benzene rings is 2. The van der Waals surface area contributed by atoms with Gasteiger partial charge in [0.15, 0.2) is 0 Å². The Morgan fingerprint density at radius 3 is 2.65 bits per heavy atom. The average Bonchev–Trinajstić information content (AvgIpc) is 3.10. The minimum Gasteiger partial charge on any atom is -0.495 e. The van der Waals surface area contributed by atoms with E-state index in [-0.39, 0.29) is 23.6 Å². The SMILES string of the molecule is CCN(CC(=O)Nc1ccccc1OC)C(=O)C1Cc2ccccc2S1. The third-order valence-corrected chi connectivity index (χ3v) is 5.64. The minimum absolute atomic E-state index is 0.00359. The highest BCUT2D eigenvalue weighted by Gasteiger charge is 2.31. The van der Waals surface area contributed by atoms with Gasteiger partial charge < -0.3 is 15.0 Å². The van der Waals surface area contributed by atoms with Crippen LogP contribution in [0.3, 0.4) is 0 Å². The summed E-state index contributed by atoms with van der Waals surface area (Å²) < 4.78 is 5.24. The van der Waals surface area contributed by atoms with Crippen LogP contribution in [0.1, 0.15) is 12.5 Å². The maximum atomic E-state index is 12.9. The van der Waals surface area contributed by atoms with Gasteiger partial charge in [0.25, 0.3) is 0 Å². The lowest BCUT2D eigenvalue weighted by Crippen LogP contribution is -2.42. The molecular formula is C20H22N2O3S. The van der Waals surface area contributed by atoms with E-state index < -0.39 is 0 Å². The van der Waals surface area contributed by atoms with Gasteiger partial charge in [0.2, 0.25) is 11.8 Å². The first-order valence-electron chi connectivity index (χ1n) is 8.58. The second-order valence-electron chi connectivity index (χ2n) is 6.02. The standard InChI is InChI=1S/C20H22N2O3S/c1-3-22(13-19(23)21-15-9-5-6-10-16(15)25-2)20(24)18-12-14-8-4-7-11-17(14)26-18/h4-11,18H,3,12-13H2,1-2H3,(H,21,23). The molecule has 26 heavy (non-hydrogen) atoms. The summed E-state index contributed by atoms with van der Waals surface area (Å²) in [5.74, 6) is 0.367. The molecule has 2 aromatic carbocycles. The fraction of sp³-hybridized carbons (Fsp3) is 0.300. The van der Waals surface area contributed by atoms with Crippen molar-refractivity contribution < 1.29 is 14.3 Å². The van der Waals surface area contributed by atoms with Gasteiger partial charge >= 0.3 is 0 Å². The molecule has 1 heterocycles. The van der Waals surface area contributed by atoms with Crippen molar-refractivity contribution in [3.8, 4) is 5.75 Å². The number of ether oxygens (including phenoxy) is 1. The van der Waals surface area contributed by atoms with Crippen LogP contribution in [0, 0.1) is 0 Å². The number of hydrogen-bond acceptors (Lipinski definition) is 4. The topological polar surface area (TPSA) is 58.6 Å². The van der Waals surface area contributed by atoms with Gasteiger partial charge in [-0.05, 0) is 37.1 Å². The van der Waals surface area contributed by atoms with E-state index in [1.165, 1.54) is 5.56 Å². The summed E-state index contributed by atoms with van der Waals surface area (Å²) in [5, 5.41) is 2.66. The molecule has 5 nitrogen and oxygen atoms in total. The van der Waals surface area contributed by atoms with Crippen molar-refractivity contribution in [2.75, 3.05) is 25.5 Å². The Balaban J connectivity index is 1.62. The molecule has 0 aliphatic carbocycles. The zero-order chi connectivity index (χ0) is 18.5. The van der Waals surface area contributed by atoms with Crippen molar-refractivity contribution >= 4 is 29.3 Å². The van der Waals surface area contributed by atoms with Gasteiger partial charge in [-0.25, -0.2) is 0 Å². The van der Waals surface area contributed by atoms with Crippen molar-refractivity contribution in [2.24, 2.45) is 0 Å². The number of anilines is 1. The second kappa shape index (κ2) is 8.27. The summed E-state index contributed by atoms with van der Waals surface area (Å²) in [6, 6.07) is 15.3. The highest BCUT2D eigenvalue weighted by Crippen LogP contribution is 2.37. The largest absolute Gasteiger partial charge is 0.495 e.